The fourth-order valence-corrected chi connectivity index (χ4v) is 2.52. The Bertz CT molecular complexity index is 209. The summed E-state index contributed by atoms with van der Waals surface area (Å²) in [5.74, 6) is 0.226. The van der Waals surface area contributed by atoms with Crippen molar-refractivity contribution in [3.05, 3.63) is 0 Å². The molecular weight excluding hydrogens is 164 g/mol. The fraction of sp³-hybridized carbons (Fsp3) is 0.900. The van der Waals surface area contributed by atoms with Gasteiger partial charge < -0.3 is 10.2 Å². The summed E-state index contributed by atoms with van der Waals surface area (Å²) in [5.41, 5.74) is 0.282. The van der Waals surface area contributed by atoms with E-state index < -0.39 is 0 Å². The third-order valence-corrected chi connectivity index (χ3v) is 3.38. The first-order valence-corrected chi connectivity index (χ1v) is 5.22. The van der Waals surface area contributed by atoms with Crippen molar-refractivity contribution in [2.24, 2.45) is 0 Å². The van der Waals surface area contributed by atoms with Gasteiger partial charge in [-0.15, -0.1) is 0 Å². The second kappa shape index (κ2) is 3.29. The van der Waals surface area contributed by atoms with Crippen molar-refractivity contribution >= 4 is 5.91 Å². The topological polar surface area (TPSA) is 32.3 Å². The molecule has 0 saturated carbocycles. The van der Waals surface area contributed by atoms with Crippen molar-refractivity contribution in [3.63, 3.8) is 0 Å². The zero-order valence-corrected chi connectivity index (χ0v) is 8.31. The standard InChI is InChI=1S/C10H18N2O/c1-9(13)12-7-5-10(8-12)4-2-3-6-11-10/h11H,2-8H2,1H3. The van der Waals surface area contributed by atoms with Gasteiger partial charge in [0.25, 0.3) is 0 Å². The molecule has 1 atom stereocenters. The number of nitrogens with zero attached hydrogens (tertiary/aromatic N) is 1. The van der Waals surface area contributed by atoms with Gasteiger partial charge in [0.2, 0.25) is 5.91 Å². The maximum absolute atomic E-state index is 11.2. The van der Waals surface area contributed by atoms with E-state index >= 15 is 0 Å². The van der Waals surface area contributed by atoms with Crippen LogP contribution < -0.4 is 5.32 Å². The van der Waals surface area contributed by atoms with E-state index in [1.807, 2.05) is 4.90 Å². The molecule has 0 aliphatic carbocycles. The van der Waals surface area contributed by atoms with Crippen molar-refractivity contribution in [1.29, 1.82) is 0 Å². The van der Waals surface area contributed by atoms with Crippen molar-refractivity contribution in [2.75, 3.05) is 19.6 Å². The predicted octanol–water partition coefficient (Wildman–Crippen LogP) is 0.751. The highest BCUT2D eigenvalue weighted by Gasteiger charge is 2.39. The van der Waals surface area contributed by atoms with Gasteiger partial charge in [0.05, 0.1) is 0 Å². The number of hydrogen-bond donors (Lipinski definition) is 1. The zero-order valence-electron chi connectivity index (χ0n) is 8.31. The van der Waals surface area contributed by atoms with E-state index in [1.54, 1.807) is 6.92 Å². The minimum absolute atomic E-state index is 0.226. The van der Waals surface area contributed by atoms with E-state index in [9.17, 15) is 4.79 Å². The molecule has 2 aliphatic heterocycles. The van der Waals surface area contributed by atoms with Crippen LogP contribution in [0.2, 0.25) is 0 Å². The van der Waals surface area contributed by atoms with Crippen LogP contribution in [-0.4, -0.2) is 36.0 Å². The molecule has 3 heteroatoms. The Morgan fingerprint density at radius 1 is 1.38 bits per heavy atom. The van der Waals surface area contributed by atoms with Gasteiger partial charge in [-0.25, -0.2) is 0 Å². The van der Waals surface area contributed by atoms with Gasteiger partial charge >= 0.3 is 0 Å². The van der Waals surface area contributed by atoms with E-state index in [-0.39, 0.29) is 11.4 Å². The Hall–Kier alpha value is -0.570. The molecule has 1 amide bonds. The quantitative estimate of drug-likeness (QED) is 0.599. The van der Waals surface area contributed by atoms with E-state index in [4.69, 9.17) is 0 Å². The van der Waals surface area contributed by atoms with Gasteiger partial charge in [0, 0.05) is 25.6 Å². The molecule has 2 heterocycles. The maximum atomic E-state index is 11.2. The normalized spacial score (nSPS) is 34.1. The van der Waals surface area contributed by atoms with E-state index in [0.717, 1.165) is 26.1 Å². The van der Waals surface area contributed by atoms with Gasteiger partial charge in [-0.1, -0.05) is 6.42 Å². The third-order valence-electron chi connectivity index (χ3n) is 3.38. The molecule has 13 heavy (non-hydrogen) atoms. The average molecular weight is 182 g/mol. The molecule has 2 rings (SSSR count). The SMILES string of the molecule is CC(=O)N1CCC2(CCCCN2)C1. The first-order valence-electron chi connectivity index (χ1n) is 5.22. The lowest BCUT2D eigenvalue weighted by molar-refractivity contribution is -0.128. The molecule has 74 valence electrons. The van der Waals surface area contributed by atoms with E-state index in [2.05, 4.69) is 5.32 Å². The summed E-state index contributed by atoms with van der Waals surface area (Å²) in [5, 5.41) is 3.59. The minimum atomic E-state index is 0.226. The van der Waals surface area contributed by atoms with Gasteiger partial charge in [-0.2, -0.15) is 0 Å². The number of nitrogens with one attached hydrogen (secondary N) is 1. The number of hydrogen-bond acceptors (Lipinski definition) is 2. The van der Waals surface area contributed by atoms with Crippen LogP contribution in [0.3, 0.4) is 0 Å². The summed E-state index contributed by atoms with van der Waals surface area (Å²) < 4.78 is 0. The number of piperidine rings is 1. The van der Waals surface area contributed by atoms with Crippen LogP contribution in [0, 0.1) is 0 Å². The second-order valence-corrected chi connectivity index (χ2v) is 4.35. The average Bonchev–Trinajstić information content (AvgIpc) is 2.51. The van der Waals surface area contributed by atoms with Crippen LogP contribution in [0.4, 0.5) is 0 Å². The lowest BCUT2D eigenvalue weighted by Crippen LogP contribution is -2.50. The highest BCUT2D eigenvalue weighted by atomic mass is 16.2. The maximum Gasteiger partial charge on any atom is 0.219 e. The molecule has 3 nitrogen and oxygen atoms in total. The monoisotopic (exact) mass is 182 g/mol. The number of carbonyl (C=O) groups is 1. The van der Waals surface area contributed by atoms with Crippen LogP contribution >= 0.6 is 0 Å². The molecule has 0 aromatic rings. The highest BCUT2D eigenvalue weighted by Crippen LogP contribution is 2.29. The number of carbonyl (C=O) groups excluding carboxylic acids is 1. The molecular formula is C10H18N2O. The smallest absolute Gasteiger partial charge is 0.219 e. The second-order valence-electron chi connectivity index (χ2n) is 4.35. The van der Waals surface area contributed by atoms with Crippen LogP contribution in [0.15, 0.2) is 0 Å². The molecule has 2 saturated heterocycles. The van der Waals surface area contributed by atoms with Gasteiger partial charge in [0.15, 0.2) is 0 Å². The van der Waals surface area contributed by atoms with Gasteiger partial charge in [-0.05, 0) is 25.8 Å². The first-order chi connectivity index (χ1) is 6.22. The Kier molecular flexibility index (Phi) is 2.28. The van der Waals surface area contributed by atoms with Crippen molar-refractivity contribution < 1.29 is 4.79 Å². The summed E-state index contributed by atoms with van der Waals surface area (Å²) in [4.78, 5) is 13.1. The summed E-state index contributed by atoms with van der Waals surface area (Å²) >= 11 is 0. The first kappa shape index (κ1) is 9.00. The summed E-state index contributed by atoms with van der Waals surface area (Å²) in [6.07, 6.45) is 5.00. The van der Waals surface area contributed by atoms with Gasteiger partial charge in [-0.3, -0.25) is 4.79 Å². The van der Waals surface area contributed by atoms with E-state index in [0.29, 0.717) is 0 Å². The van der Waals surface area contributed by atoms with Crippen molar-refractivity contribution in [2.45, 2.75) is 38.1 Å². The molecule has 2 fully saturated rings. The van der Waals surface area contributed by atoms with Crippen molar-refractivity contribution in [3.8, 4) is 0 Å². The molecule has 1 unspecified atom stereocenters. The molecule has 1 N–H and O–H groups in total. The highest BCUT2D eigenvalue weighted by molar-refractivity contribution is 5.73. The van der Waals surface area contributed by atoms with Crippen LogP contribution in [0.25, 0.3) is 0 Å². The third kappa shape index (κ3) is 1.70. The van der Waals surface area contributed by atoms with Gasteiger partial charge in [0.1, 0.15) is 0 Å². The summed E-state index contributed by atoms with van der Waals surface area (Å²) in [6, 6.07) is 0. The fourth-order valence-electron chi connectivity index (χ4n) is 2.52. The lowest BCUT2D eigenvalue weighted by Gasteiger charge is -2.34. The Morgan fingerprint density at radius 3 is 2.77 bits per heavy atom. The largest absolute Gasteiger partial charge is 0.341 e. The van der Waals surface area contributed by atoms with Crippen molar-refractivity contribution in [1.82, 2.24) is 10.2 Å². The number of rotatable bonds is 0. The molecule has 0 radical (unpaired) electrons. The van der Waals surface area contributed by atoms with Crippen LogP contribution in [-0.2, 0) is 4.79 Å². The molecule has 0 aromatic carbocycles. The molecule has 0 aromatic heterocycles. The van der Waals surface area contributed by atoms with Crippen LogP contribution in [0.5, 0.6) is 0 Å². The zero-order chi connectivity index (χ0) is 9.31. The van der Waals surface area contributed by atoms with E-state index in [1.165, 1.54) is 19.3 Å². The Balaban J connectivity index is 1.98. The Morgan fingerprint density at radius 2 is 2.23 bits per heavy atom. The minimum Gasteiger partial charge on any atom is -0.341 e. The molecule has 2 aliphatic rings. The number of likely N-dealkylation sites (tertiary alicyclic amines) is 1. The molecule has 0 bridgehead atoms. The summed E-state index contributed by atoms with van der Waals surface area (Å²) in [7, 11) is 0. The number of amides is 1. The summed E-state index contributed by atoms with van der Waals surface area (Å²) in [6.45, 7) is 4.68. The predicted molar refractivity (Wildman–Crippen MR) is 51.5 cm³/mol. The molecule has 1 spiro atoms. The Labute approximate surface area is 79.5 Å². The van der Waals surface area contributed by atoms with Crippen LogP contribution in [0.1, 0.15) is 32.6 Å². The lowest BCUT2D eigenvalue weighted by atomic mass is 9.88.